The molecule has 2 rings (SSSR count). The van der Waals surface area contributed by atoms with Gasteiger partial charge in [0.2, 0.25) is 0 Å². The maximum absolute atomic E-state index is 12.4. The van der Waals surface area contributed by atoms with E-state index in [1.165, 1.54) is 0 Å². The Balaban J connectivity index is 2.33. The average Bonchev–Trinajstić information content (AvgIpc) is 2.66. The third kappa shape index (κ3) is 2.63. The van der Waals surface area contributed by atoms with Gasteiger partial charge in [0, 0.05) is 30.3 Å². The predicted molar refractivity (Wildman–Crippen MR) is 78.4 cm³/mol. The number of carbonyl (C=O) groups excluding carboxylic acids is 1. The maximum Gasteiger partial charge on any atom is 0.169 e. The Labute approximate surface area is 122 Å². The van der Waals surface area contributed by atoms with Crippen LogP contribution in [0.15, 0.2) is 18.2 Å². The van der Waals surface area contributed by atoms with Crippen LogP contribution in [-0.4, -0.2) is 22.7 Å². The molecule has 0 radical (unpaired) electrons. The van der Waals surface area contributed by atoms with Gasteiger partial charge in [-0.3, -0.25) is 9.48 Å². The lowest BCUT2D eigenvalue weighted by atomic mass is 10.0. The zero-order chi connectivity index (χ0) is 14.9. The van der Waals surface area contributed by atoms with Crippen LogP contribution in [0, 0.1) is 6.92 Å². The van der Waals surface area contributed by atoms with E-state index < -0.39 is 0 Å². The summed E-state index contributed by atoms with van der Waals surface area (Å²) in [5, 5.41) is 4.66. The van der Waals surface area contributed by atoms with E-state index in [0.717, 1.165) is 11.3 Å². The molecule has 0 saturated heterocycles. The fourth-order valence-electron chi connectivity index (χ4n) is 2.03. The number of nitrogen functional groups attached to an aromatic ring is 1. The number of ketones is 1. The Kier molecular flexibility index (Phi) is 3.99. The van der Waals surface area contributed by atoms with Gasteiger partial charge in [-0.05, 0) is 25.1 Å². The third-order valence-corrected chi connectivity index (χ3v) is 3.64. The molecule has 1 aromatic heterocycles. The van der Waals surface area contributed by atoms with Crippen LogP contribution in [0.3, 0.4) is 0 Å². The van der Waals surface area contributed by atoms with Gasteiger partial charge in [0.25, 0.3) is 0 Å². The quantitative estimate of drug-likeness (QED) is 0.694. The summed E-state index contributed by atoms with van der Waals surface area (Å²) in [6, 6.07) is 5.01. The summed E-state index contributed by atoms with van der Waals surface area (Å²) < 4.78 is 6.66. The number of benzene rings is 1. The normalized spacial score (nSPS) is 10.6. The van der Waals surface area contributed by atoms with Crippen LogP contribution in [0.1, 0.15) is 21.6 Å². The molecule has 0 spiro atoms. The molecule has 106 valence electrons. The van der Waals surface area contributed by atoms with Crippen molar-refractivity contribution >= 4 is 23.1 Å². The minimum Gasteiger partial charge on any atom is -0.497 e. The maximum atomic E-state index is 12.4. The number of hydrogen-bond donors (Lipinski definition) is 1. The largest absolute Gasteiger partial charge is 0.497 e. The van der Waals surface area contributed by atoms with Gasteiger partial charge in [0.05, 0.1) is 12.8 Å². The second kappa shape index (κ2) is 5.54. The first-order valence-electron chi connectivity index (χ1n) is 6.08. The molecule has 0 atom stereocenters. The average molecular weight is 294 g/mol. The number of Topliss-reactive ketones (excluding diaryl/α,β-unsaturated/α-hetero) is 1. The molecule has 0 fully saturated rings. The van der Waals surface area contributed by atoms with Crippen molar-refractivity contribution in [1.82, 2.24) is 9.78 Å². The van der Waals surface area contributed by atoms with Crippen molar-refractivity contribution in [3.8, 4) is 5.75 Å². The Hall–Kier alpha value is -2.01. The fourth-order valence-corrected chi connectivity index (χ4v) is 2.28. The first kappa shape index (κ1) is 14.4. The summed E-state index contributed by atoms with van der Waals surface area (Å²) in [7, 11) is 3.28. The van der Waals surface area contributed by atoms with E-state index in [9.17, 15) is 4.79 Å². The van der Waals surface area contributed by atoms with Crippen LogP contribution in [0.2, 0.25) is 5.15 Å². The van der Waals surface area contributed by atoms with Crippen molar-refractivity contribution in [2.24, 2.45) is 7.05 Å². The monoisotopic (exact) mass is 293 g/mol. The molecular formula is C14H16ClN3O2. The number of hydrogen-bond acceptors (Lipinski definition) is 4. The molecule has 0 aliphatic heterocycles. The molecule has 1 aromatic carbocycles. The molecule has 1 heterocycles. The SMILES string of the molecule is COc1ccc(N)c(C(=O)Cc2c(C)nn(C)c2Cl)c1. The highest BCUT2D eigenvalue weighted by molar-refractivity contribution is 6.30. The Morgan fingerprint density at radius 2 is 2.20 bits per heavy atom. The molecule has 0 aliphatic carbocycles. The molecule has 0 bridgehead atoms. The minimum absolute atomic E-state index is 0.112. The molecule has 5 nitrogen and oxygen atoms in total. The van der Waals surface area contributed by atoms with Gasteiger partial charge in [0.1, 0.15) is 10.9 Å². The molecule has 2 aromatic rings. The molecule has 6 heteroatoms. The van der Waals surface area contributed by atoms with E-state index in [2.05, 4.69) is 5.10 Å². The zero-order valence-electron chi connectivity index (χ0n) is 11.6. The molecule has 0 aliphatic rings. The highest BCUT2D eigenvalue weighted by Gasteiger charge is 2.18. The number of aromatic nitrogens is 2. The lowest BCUT2D eigenvalue weighted by Crippen LogP contribution is -2.08. The number of carbonyl (C=O) groups is 1. The van der Waals surface area contributed by atoms with Crippen molar-refractivity contribution in [2.45, 2.75) is 13.3 Å². The van der Waals surface area contributed by atoms with Crippen molar-refractivity contribution in [3.05, 3.63) is 40.2 Å². The lowest BCUT2D eigenvalue weighted by molar-refractivity contribution is 0.0993. The van der Waals surface area contributed by atoms with Crippen LogP contribution < -0.4 is 10.5 Å². The van der Waals surface area contributed by atoms with Gasteiger partial charge < -0.3 is 10.5 Å². The van der Waals surface area contributed by atoms with Crippen LogP contribution >= 0.6 is 11.6 Å². The van der Waals surface area contributed by atoms with Gasteiger partial charge in [0.15, 0.2) is 5.78 Å². The number of rotatable bonds is 4. The number of methoxy groups -OCH3 is 1. The van der Waals surface area contributed by atoms with Gasteiger partial charge in [-0.25, -0.2) is 0 Å². The number of aryl methyl sites for hydroxylation is 2. The molecule has 0 amide bonds. The van der Waals surface area contributed by atoms with Crippen LogP contribution in [0.4, 0.5) is 5.69 Å². The summed E-state index contributed by atoms with van der Waals surface area (Å²) in [5.41, 5.74) is 8.17. The third-order valence-electron chi connectivity index (χ3n) is 3.17. The second-order valence-electron chi connectivity index (χ2n) is 4.53. The number of halogens is 1. The summed E-state index contributed by atoms with van der Waals surface area (Å²) in [6.07, 6.45) is 0.163. The number of ether oxygens (including phenoxy) is 1. The number of anilines is 1. The van der Waals surface area contributed by atoms with E-state index in [4.69, 9.17) is 22.1 Å². The van der Waals surface area contributed by atoms with Crippen molar-refractivity contribution in [3.63, 3.8) is 0 Å². The summed E-state index contributed by atoms with van der Waals surface area (Å²) in [6.45, 7) is 1.82. The van der Waals surface area contributed by atoms with E-state index in [-0.39, 0.29) is 12.2 Å². The Bertz CT molecular complexity index is 665. The molecule has 20 heavy (non-hydrogen) atoms. The fraction of sp³-hybridized carbons (Fsp3) is 0.286. The standard InChI is InChI=1S/C14H16ClN3O2/c1-8-10(14(15)18(2)17-8)7-13(19)11-6-9(20-3)4-5-12(11)16/h4-6H,7,16H2,1-3H3. The highest BCUT2D eigenvalue weighted by atomic mass is 35.5. The summed E-state index contributed by atoms with van der Waals surface area (Å²) in [5.74, 6) is 0.482. The Morgan fingerprint density at radius 3 is 2.75 bits per heavy atom. The van der Waals surface area contributed by atoms with Crippen molar-refractivity contribution in [2.75, 3.05) is 12.8 Å². The molecule has 2 N–H and O–H groups in total. The van der Waals surface area contributed by atoms with Gasteiger partial charge >= 0.3 is 0 Å². The van der Waals surface area contributed by atoms with E-state index in [1.807, 2.05) is 6.92 Å². The van der Waals surface area contributed by atoms with Crippen LogP contribution in [0.25, 0.3) is 0 Å². The van der Waals surface area contributed by atoms with Gasteiger partial charge in [-0.1, -0.05) is 11.6 Å². The zero-order valence-corrected chi connectivity index (χ0v) is 12.4. The topological polar surface area (TPSA) is 70.1 Å². The Morgan fingerprint density at radius 1 is 1.50 bits per heavy atom. The van der Waals surface area contributed by atoms with Crippen LogP contribution in [-0.2, 0) is 13.5 Å². The summed E-state index contributed by atoms with van der Waals surface area (Å²) >= 11 is 6.14. The van der Waals surface area contributed by atoms with E-state index in [0.29, 0.717) is 22.2 Å². The first-order chi connectivity index (χ1) is 9.43. The molecule has 0 unspecified atom stereocenters. The van der Waals surface area contributed by atoms with Crippen LogP contribution in [0.5, 0.6) is 5.75 Å². The number of nitrogens with zero attached hydrogens (tertiary/aromatic N) is 2. The minimum atomic E-state index is -0.112. The lowest BCUT2D eigenvalue weighted by Gasteiger charge is -2.07. The van der Waals surface area contributed by atoms with Gasteiger partial charge in [-0.2, -0.15) is 5.10 Å². The predicted octanol–water partition coefficient (Wildman–Crippen LogP) is 2.40. The van der Waals surface area contributed by atoms with E-state index >= 15 is 0 Å². The highest BCUT2D eigenvalue weighted by Crippen LogP contribution is 2.24. The first-order valence-corrected chi connectivity index (χ1v) is 6.46. The number of nitrogens with two attached hydrogens (primary N) is 1. The molecular weight excluding hydrogens is 278 g/mol. The smallest absolute Gasteiger partial charge is 0.169 e. The molecule has 0 saturated carbocycles. The summed E-state index contributed by atoms with van der Waals surface area (Å²) in [4.78, 5) is 12.4. The van der Waals surface area contributed by atoms with Crippen molar-refractivity contribution < 1.29 is 9.53 Å². The van der Waals surface area contributed by atoms with Gasteiger partial charge in [-0.15, -0.1) is 0 Å². The van der Waals surface area contributed by atoms with E-state index in [1.54, 1.807) is 37.0 Å². The second-order valence-corrected chi connectivity index (χ2v) is 4.89. The van der Waals surface area contributed by atoms with Crippen molar-refractivity contribution in [1.29, 1.82) is 0 Å².